The van der Waals surface area contributed by atoms with Crippen LogP contribution >= 0.6 is 0 Å². The molecular weight excluding hydrogens is 253 g/mol. The zero-order valence-corrected chi connectivity index (χ0v) is 7.79. The molecule has 0 saturated carbocycles. The molecule has 17 heavy (non-hydrogen) atoms. The average Bonchev–Trinajstić information content (AvgIpc) is 2.14. The van der Waals surface area contributed by atoms with Crippen molar-refractivity contribution in [1.82, 2.24) is 4.98 Å². The van der Waals surface area contributed by atoms with Crippen molar-refractivity contribution < 1.29 is 37.0 Å². The zero-order valence-electron chi connectivity index (χ0n) is 7.79. The van der Waals surface area contributed by atoms with Gasteiger partial charge in [0.05, 0.1) is 5.56 Å². The van der Waals surface area contributed by atoms with E-state index >= 15 is 0 Å². The van der Waals surface area contributed by atoms with Crippen molar-refractivity contribution in [3.05, 3.63) is 23.0 Å². The van der Waals surface area contributed by atoms with Gasteiger partial charge in [0.25, 0.3) is 6.43 Å². The summed E-state index contributed by atoms with van der Waals surface area (Å²) in [6, 6.07) is 0. The number of pyridine rings is 1. The van der Waals surface area contributed by atoms with Crippen LogP contribution in [-0.2, 0) is 6.18 Å². The Labute approximate surface area is 90.3 Å². The van der Waals surface area contributed by atoms with Gasteiger partial charge in [0.1, 0.15) is 5.56 Å². The summed E-state index contributed by atoms with van der Waals surface area (Å²) >= 11 is 0. The van der Waals surface area contributed by atoms with Crippen LogP contribution in [0, 0.1) is 0 Å². The summed E-state index contributed by atoms with van der Waals surface area (Å²) in [7, 11) is 0. The van der Waals surface area contributed by atoms with Gasteiger partial charge in [-0.15, -0.1) is 0 Å². The molecule has 0 saturated heterocycles. The van der Waals surface area contributed by atoms with Gasteiger partial charge in [-0.2, -0.15) is 13.2 Å². The summed E-state index contributed by atoms with van der Waals surface area (Å²) in [6.07, 6.45) is -8.76. The first-order valence-corrected chi connectivity index (χ1v) is 3.96. The molecule has 0 aromatic carbocycles. The molecule has 1 aromatic heterocycles. The van der Waals surface area contributed by atoms with Crippen molar-refractivity contribution in [2.24, 2.45) is 0 Å². The average molecular weight is 257 g/mol. The Morgan fingerprint density at radius 2 is 1.88 bits per heavy atom. The molecule has 1 rings (SSSR count). The number of aromatic carboxylic acids is 1. The number of aromatic hydroxyl groups is 1. The first kappa shape index (κ1) is 13.1. The maximum Gasteiger partial charge on any atom is 0.420 e. The normalized spacial score (nSPS) is 11.9. The van der Waals surface area contributed by atoms with Gasteiger partial charge < -0.3 is 10.2 Å². The van der Waals surface area contributed by atoms with E-state index in [2.05, 4.69) is 4.98 Å². The number of rotatable bonds is 2. The quantitative estimate of drug-likeness (QED) is 0.798. The Morgan fingerprint density at radius 3 is 2.24 bits per heavy atom. The Kier molecular flexibility index (Phi) is 3.21. The highest BCUT2D eigenvalue weighted by atomic mass is 19.4. The molecule has 0 aliphatic rings. The highest BCUT2D eigenvalue weighted by molar-refractivity contribution is 5.89. The third kappa shape index (κ3) is 2.43. The van der Waals surface area contributed by atoms with Gasteiger partial charge in [-0.25, -0.2) is 18.6 Å². The third-order valence-electron chi connectivity index (χ3n) is 1.80. The van der Waals surface area contributed by atoms with E-state index in [-0.39, 0.29) is 6.20 Å². The van der Waals surface area contributed by atoms with Crippen molar-refractivity contribution in [3.63, 3.8) is 0 Å². The number of carboxylic acid groups (broad SMARTS) is 1. The smallest absolute Gasteiger partial charge is 0.420 e. The molecule has 0 aliphatic carbocycles. The Morgan fingerprint density at radius 1 is 1.35 bits per heavy atom. The van der Waals surface area contributed by atoms with Gasteiger partial charge >= 0.3 is 12.1 Å². The van der Waals surface area contributed by atoms with E-state index in [1.54, 1.807) is 0 Å². The minimum atomic E-state index is -5.30. The lowest BCUT2D eigenvalue weighted by molar-refractivity contribution is -0.140. The predicted octanol–water partition coefficient (Wildman–Crippen LogP) is 2.44. The summed E-state index contributed by atoms with van der Waals surface area (Å²) in [5.41, 5.74) is -4.98. The molecule has 1 heterocycles. The number of carbonyl (C=O) groups is 1. The summed E-state index contributed by atoms with van der Waals surface area (Å²) in [5.74, 6) is -3.77. The van der Waals surface area contributed by atoms with Crippen molar-refractivity contribution in [2.45, 2.75) is 12.6 Å². The second-order valence-electron chi connectivity index (χ2n) is 2.89. The third-order valence-corrected chi connectivity index (χ3v) is 1.80. The lowest BCUT2D eigenvalue weighted by atomic mass is 10.1. The Balaban J connectivity index is 3.59. The fourth-order valence-electron chi connectivity index (χ4n) is 1.13. The van der Waals surface area contributed by atoms with Crippen LogP contribution in [0.3, 0.4) is 0 Å². The largest absolute Gasteiger partial charge is 0.505 e. The zero-order chi connectivity index (χ0) is 13.4. The molecule has 0 bridgehead atoms. The van der Waals surface area contributed by atoms with Crippen LogP contribution in [0.5, 0.6) is 5.75 Å². The van der Waals surface area contributed by atoms with Gasteiger partial charge in [0.2, 0.25) is 0 Å². The fraction of sp³-hybridized carbons (Fsp3) is 0.250. The first-order valence-electron chi connectivity index (χ1n) is 3.96. The van der Waals surface area contributed by atoms with E-state index < -0.39 is 41.1 Å². The number of hydrogen-bond acceptors (Lipinski definition) is 3. The molecule has 0 aliphatic heterocycles. The van der Waals surface area contributed by atoms with Crippen molar-refractivity contribution in [1.29, 1.82) is 0 Å². The van der Waals surface area contributed by atoms with Crippen molar-refractivity contribution in [2.75, 3.05) is 0 Å². The number of nitrogens with zero attached hydrogens (tertiary/aromatic N) is 1. The van der Waals surface area contributed by atoms with Crippen LogP contribution in [0.25, 0.3) is 0 Å². The van der Waals surface area contributed by atoms with E-state index in [0.29, 0.717) is 0 Å². The number of aromatic nitrogens is 1. The molecule has 4 nitrogen and oxygen atoms in total. The molecule has 0 atom stereocenters. The highest BCUT2D eigenvalue weighted by Crippen LogP contribution is 2.42. The van der Waals surface area contributed by atoms with E-state index in [1.807, 2.05) is 0 Å². The molecular formula is C8H4F5NO3. The monoisotopic (exact) mass is 257 g/mol. The lowest BCUT2D eigenvalue weighted by Crippen LogP contribution is -2.14. The second-order valence-corrected chi connectivity index (χ2v) is 2.89. The Hall–Kier alpha value is -1.93. The number of carboxylic acids is 1. The van der Waals surface area contributed by atoms with Crippen LogP contribution in [-0.4, -0.2) is 21.2 Å². The highest BCUT2D eigenvalue weighted by Gasteiger charge is 2.41. The molecule has 2 N–H and O–H groups in total. The van der Waals surface area contributed by atoms with Crippen molar-refractivity contribution >= 4 is 5.97 Å². The van der Waals surface area contributed by atoms with Gasteiger partial charge in [0.15, 0.2) is 11.4 Å². The molecule has 94 valence electrons. The number of alkyl halides is 5. The van der Waals surface area contributed by atoms with Crippen LogP contribution in [0.1, 0.15) is 28.0 Å². The first-order chi connectivity index (χ1) is 7.66. The second kappa shape index (κ2) is 4.15. The summed E-state index contributed by atoms with van der Waals surface area (Å²) in [4.78, 5) is 13.2. The van der Waals surface area contributed by atoms with E-state index in [0.717, 1.165) is 0 Å². The van der Waals surface area contributed by atoms with E-state index in [4.69, 9.17) is 10.2 Å². The van der Waals surface area contributed by atoms with Crippen LogP contribution in [0.15, 0.2) is 6.20 Å². The molecule has 1 aromatic rings. The van der Waals surface area contributed by atoms with Crippen molar-refractivity contribution in [3.8, 4) is 5.75 Å². The standard InChI is InChI=1S/C8H4F5NO3/c9-6(10)2-1-14-4(7(16)17)5(15)3(2)8(11,12)13/h1,6,15H,(H,16,17). The summed E-state index contributed by atoms with van der Waals surface area (Å²) < 4.78 is 61.7. The molecule has 0 radical (unpaired) electrons. The minimum absolute atomic E-state index is 0.0800. The predicted molar refractivity (Wildman–Crippen MR) is 42.8 cm³/mol. The number of hydrogen-bond donors (Lipinski definition) is 2. The number of halogens is 5. The van der Waals surface area contributed by atoms with E-state index in [1.165, 1.54) is 0 Å². The molecule has 0 amide bonds. The minimum Gasteiger partial charge on any atom is -0.505 e. The van der Waals surface area contributed by atoms with Crippen LogP contribution in [0.2, 0.25) is 0 Å². The SMILES string of the molecule is O=C(O)c1ncc(C(F)F)c(C(F)(F)F)c1O. The maximum atomic E-state index is 12.4. The van der Waals surface area contributed by atoms with Crippen LogP contribution < -0.4 is 0 Å². The molecule has 0 spiro atoms. The lowest BCUT2D eigenvalue weighted by Gasteiger charge is -2.14. The molecule has 0 unspecified atom stereocenters. The van der Waals surface area contributed by atoms with Crippen LogP contribution in [0.4, 0.5) is 22.0 Å². The topological polar surface area (TPSA) is 70.4 Å². The molecule has 9 heteroatoms. The van der Waals surface area contributed by atoms with Gasteiger partial charge in [-0.05, 0) is 0 Å². The van der Waals surface area contributed by atoms with Gasteiger partial charge in [-0.1, -0.05) is 0 Å². The summed E-state index contributed by atoms with van der Waals surface area (Å²) in [6.45, 7) is 0. The van der Waals surface area contributed by atoms with Gasteiger partial charge in [0, 0.05) is 6.20 Å². The maximum absolute atomic E-state index is 12.4. The fourth-order valence-corrected chi connectivity index (χ4v) is 1.13. The summed E-state index contributed by atoms with van der Waals surface area (Å²) in [5, 5.41) is 17.4. The van der Waals surface area contributed by atoms with Gasteiger partial charge in [-0.3, -0.25) is 0 Å². The Bertz CT molecular complexity index is 457. The molecule has 0 fully saturated rings. The van der Waals surface area contributed by atoms with E-state index in [9.17, 15) is 26.7 Å².